The van der Waals surface area contributed by atoms with Crippen LogP contribution in [0.15, 0.2) is 29.2 Å². The topological polar surface area (TPSA) is 26.0 Å². The molecule has 2 rings (SSSR count). The van der Waals surface area contributed by atoms with Gasteiger partial charge < -0.3 is 5.73 Å². The fourth-order valence-corrected chi connectivity index (χ4v) is 1.82. The first-order valence-corrected chi connectivity index (χ1v) is 5.40. The second-order valence-electron chi connectivity index (χ2n) is 3.39. The van der Waals surface area contributed by atoms with Crippen LogP contribution in [0.2, 0.25) is 0 Å². The Morgan fingerprint density at radius 2 is 2.17 bits per heavy atom. The molecule has 1 nitrogen and oxygen atoms in total. The summed E-state index contributed by atoms with van der Waals surface area (Å²) in [5, 5.41) is 0. The molecule has 64 valence electrons. The molecule has 0 bridgehead atoms. The molecule has 0 unspecified atom stereocenters. The van der Waals surface area contributed by atoms with E-state index in [4.69, 9.17) is 5.73 Å². The van der Waals surface area contributed by atoms with Crippen LogP contribution in [0.1, 0.15) is 18.4 Å². The van der Waals surface area contributed by atoms with Crippen LogP contribution in [0.3, 0.4) is 0 Å². The number of benzene rings is 1. The average molecular weight is 179 g/mol. The predicted molar refractivity (Wildman–Crippen MR) is 53.3 cm³/mol. The van der Waals surface area contributed by atoms with Crippen LogP contribution in [0.25, 0.3) is 0 Å². The predicted octanol–water partition coefficient (Wildman–Crippen LogP) is 2.36. The van der Waals surface area contributed by atoms with Gasteiger partial charge in [0.05, 0.1) is 0 Å². The van der Waals surface area contributed by atoms with E-state index in [2.05, 4.69) is 30.5 Å². The lowest BCUT2D eigenvalue weighted by atomic mass is 10.1. The highest BCUT2D eigenvalue weighted by Crippen LogP contribution is 2.43. The van der Waals surface area contributed by atoms with Gasteiger partial charge in [-0.2, -0.15) is 0 Å². The average Bonchev–Trinajstić information content (AvgIpc) is 2.85. The molecule has 0 amide bonds. The molecule has 0 aromatic heterocycles. The molecule has 12 heavy (non-hydrogen) atoms. The zero-order valence-electron chi connectivity index (χ0n) is 7.21. The Kier molecular flexibility index (Phi) is 1.89. The van der Waals surface area contributed by atoms with Gasteiger partial charge in [0.25, 0.3) is 0 Å². The smallest absolute Gasteiger partial charge is 0.0411 e. The van der Waals surface area contributed by atoms with Gasteiger partial charge in [0.2, 0.25) is 0 Å². The van der Waals surface area contributed by atoms with Gasteiger partial charge in [0, 0.05) is 10.4 Å². The molecule has 1 aromatic carbocycles. The first-order valence-electron chi connectivity index (χ1n) is 4.18. The summed E-state index contributed by atoms with van der Waals surface area (Å²) in [6.45, 7) is 0. The first kappa shape index (κ1) is 8.14. The first-order chi connectivity index (χ1) is 5.74. The minimum Gasteiger partial charge on any atom is -0.321 e. The van der Waals surface area contributed by atoms with Crippen molar-refractivity contribution in [3.8, 4) is 0 Å². The van der Waals surface area contributed by atoms with Gasteiger partial charge >= 0.3 is 0 Å². The van der Waals surface area contributed by atoms with Crippen LogP contribution in [0, 0.1) is 0 Å². The summed E-state index contributed by atoms with van der Waals surface area (Å²) in [6.07, 6.45) is 4.38. The number of hydrogen-bond donors (Lipinski definition) is 1. The highest BCUT2D eigenvalue weighted by Gasteiger charge is 2.39. The largest absolute Gasteiger partial charge is 0.321 e. The second kappa shape index (κ2) is 2.79. The summed E-state index contributed by atoms with van der Waals surface area (Å²) < 4.78 is 0. The molecule has 2 N–H and O–H groups in total. The highest BCUT2D eigenvalue weighted by molar-refractivity contribution is 7.98. The maximum atomic E-state index is 6.08. The number of thioether (sulfide) groups is 1. The van der Waals surface area contributed by atoms with Crippen molar-refractivity contribution in [3.05, 3.63) is 29.8 Å². The van der Waals surface area contributed by atoms with E-state index in [-0.39, 0.29) is 5.54 Å². The minimum atomic E-state index is 0.0196. The van der Waals surface area contributed by atoms with E-state index in [1.165, 1.54) is 10.5 Å². The van der Waals surface area contributed by atoms with Crippen LogP contribution in [0.5, 0.6) is 0 Å². The Labute approximate surface area is 77.3 Å². The summed E-state index contributed by atoms with van der Waals surface area (Å²) in [5.74, 6) is 0. The lowest BCUT2D eigenvalue weighted by molar-refractivity contribution is 0.737. The summed E-state index contributed by atoms with van der Waals surface area (Å²) in [4.78, 5) is 1.31. The zero-order chi connectivity index (χ0) is 8.60. The number of rotatable bonds is 2. The minimum absolute atomic E-state index is 0.0196. The van der Waals surface area contributed by atoms with Crippen LogP contribution >= 0.6 is 11.8 Å². The van der Waals surface area contributed by atoms with E-state index in [9.17, 15) is 0 Å². The lowest BCUT2D eigenvalue weighted by Crippen LogP contribution is -2.18. The van der Waals surface area contributed by atoms with E-state index in [0.29, 0.717) is 0 Å². The van der Waals surface area contributed by atoms with Gasteiger partial charge in [-0.3, -0.25) is 0 Å². The standard InChI is InChI=1S/C10H13NS/c1-12-9-4-2-3-8(7-9)10(11)5-6-10/h2-4,7H,5-6,11H2,1H3. The third-order valence-electron chi connectivity index (χ3n) is 2.43. The maximum Gasteiger partial charge on any atom is 0.0411 e. The SMILES string of the molecule is CSc1cccc(C2(N)CC2)c1. The Morgan fingerprint density at radius 3 is 2.75 bits per heavy atom. The van der Waals surface area contributed by atoms with Crippen molar-refractivity contribution in [1.82, 2.24) is 0 Å². The molecule has 0 saturated heterocycles. The molecule has 1 aliphatic rings. The van der Waals surface area contributed by atoms with Crippen molar-refractivity contribution in [3.63, 3.8) is 0 Å². The Morgan fingerprint density at radius 1 is 1.42 bits per heavy atom. The van der Waals surface area contributed by atoms with E-state index >= 15 is 0 Å². The molecule has 0 heterocycles. The Balaban J connectivity index is 2.32. The van der Waals surface area contributed by atoms with E-state index in [1.54, 1.807) is 11.8 Å². The highest BCUT2D eigenvalue weighted by atomic mass is 32.2. The molecule has 1 saturated carbocycles. The Bertz CT molecular complexity index is 292. The summed E-state index contributed by atoms with van der Waals surface area (Å²) in [5.41, 5.74) is 7.40. The summed E-state index contributed by atoms with van der Waals surface area (Å²) >= 11 is 1.77. The molecule has 0 aliphatic heterocycles. The van der Waals surface area contributed by atoms with Crippen molar-refractivity contribution in [2.75, 3.05) is 6.26 Å². The van der Waals surface area contributed by atoms with Crippen LogP contribution in [-0.4, -0.2) is 6.26 Å². The van der Waals surface area contributed by atoms with Crippen molar-refractivity contribution < 1.29 is 0 Å². The van der Waals surface area contributed by atoms with Gasteiger partial charge in [-0.15, -0.1) is 11.8 Å². The van der Waals surface area contributed by atoms with Crippen molar-refractivity contribution in [1.29, 1.82) is 0 Å². The lowest BCUT2D eigenvalue weighted by Gasteiger charge is -2.09. The molecule has 0 atom stereocenters. The second-order valence-corrected chi connectivity index (χ2v) is 4.27. The van der Waals surface area contributed by atoms with E-state index in [1.807, 2.05) is 0 Å². The third-order valence-corrected chi connectivity index (χ3v) is 3.16. The normalized spacial score (nSPS) is 19.2. The van der Waals surface area contributed by atoms with Crippen LogP contribution < -0.4 is 5.73 Å². The third kappa shape index (κ3) is 1.37. The quantitative estimate of drug-likeness (QED) is 0.705. The molecular formula is C10H13NS. The molecule has 0 spiro atoms. The van der Waals surface area contributed by atoms with Crippen LogP contribution in [-0.2, 0) is 5.54 Å². The van der Waals surface area contributed by atoms with Gasteiger partial charge in [-0.25, -0.2) is 0 Å². The van der Waals surface area contributed by atoms with E-state index < -0.39 is 0 Å². The number of nitrogens with two attached hydrogens (primary N) is 1. The van der Waals surface area contributed by atoms with Crippen molar-refractivity contribution in [2.45, 2.75) is 23.3 Å². The summed E-state index contributed by atoms with van der Waals surface area (Å²) in [6, 6.07) is 8.55. The van der Waals surface area contributed by atoms with Gasteiger partial charge in [-0.1, -0.05) is 12.1 Å². The van der Waals surface area contributed by atoms with Gasteiger partial charge in [0.15, 0.2) is 0 Å². The van der Waals surface area contributed by atoms with E-state index in [0.717, 1.165) is 12.8 Å². The summed E-state index contributed by atoms with van der Waals surface area (Å²) in [7, 11) is 0. The fourth-order valence-electron chi connectivity index (χ4n) is 1.36. The molecule has 0 radical (unpaired) electrons. The van der Waals surface area contributed by atoms with Gasteiger partial charge in [0.1, 0.15) is 0 Å². The zero-order valence-corrected chi connectivity index (χ0v) is 8.03. The fraction of sp³-hybridized carbons (Fsp3) is 0.400. The maximum absolute atomic E-state index is 6.08. The van der Waals surface area contributed by atoms with Crippen molar-refractivity contribution in [2.24, 2.45) is 5.73 Å². The molecule has 1 aromatic rings. The monoisotopic (exact) mass is 179 g/mol. The molecule has 1 aliphatic carbocycles. The van der Waals surface area contributed by atoms with Crippen LogP contribution in [0.4, 0.5) is 0 Å². The van der Waals surface area contributed by atoms with Gasteiger partial charge in [-0.05, 0) is 36.8 Å². The number of hydrogen-bond acceptors (Lipinski definition) is 2. The molecule has 1 fully saturated rings. The molecule has 2 heteroatoms. The van der Waals surface area contributed by atoms with Crippen molar-refractivity contribution >= 4 is 11.8 Å². The molecular weight excluding hydrogens is 166 g/mol. The Hall–Kier alpha value is -0.470.